The molecule has 0 amide bonds. The average Bonchev–Trinajstić information content (AvgIpc) is 2.44. The number of ether oxygens (including phenoxy) is 1. The van der Waals surface area contributed by atoms with Crippen LogP contribution in [0, 0.1) is 6.92 Å². The van der Waals surface area contributed by atoms with Crippen LogP contribution in [0.15, 0.2) is 6.20 Å². The number of nitrogens with zero attached hydrogens (tertiary/aromatic N) is 2. The summed E-state index contributed by atoms with van der Waals surface area (Å²) in [4.78, 5) is 4.45. The molecule has 86 valence electrons. The number of hydrogen-bond acceptors (Lipinski definition) is 3. The van der Waals surface area contributed by atoms with E-state index in [0.29, 0.717) is 6.61 Å². The van der Waals surface area contributed by atoms with Gasteiger partial charge >= 0.3 is 0 Å². The molecule has 0 saturated heterocycles. The molecule has 4 heteroatoms. The van der Waals surface area contributed by atoms with Crippen LogP contribution < -0.4 is 5.32 Å². The smallest absolute Gasteiger partial charge is 0.203 e. The van der Waals surface area contributed by atoms with Crippen molar-refractivity contribution in [2.24, 2.45) is 0 Å². The second kappa shape index (κ2) is 4.66. The molecule has 1 heterocycles. The summed E-state index contributed by atoms with van der Waals surface area (Å²) in [7, 11) is 1.71. The van der Waals surface area contributed by atoms with Crippen molar-refractivity contribution in [2.75, 3.05) is 19.0 Å². The van der Waals surface area contributed by atoms with E-state index < -0.39 is 0 Å². The topological polar surface area (TPSA) is 39.1 Å². The van der Waals surface area contributed by atoms with E-state index in [9.17, 15) is 0 Å². The molecule has 1 rings (SSSR count). The van der Waals surface area contributed by atoms with Gasteiger partial charge in [-0.15, -0.1) is 0 Å². The molecule has 0 atom stereocenters. The molecule has 0 unspecified atom stereocenters. The predicted octanol–water partition coefficient (Wildman–Crippen LogP) is 2.05. The molecule has 0 aliphatic heterocycles. The zero-order chi connectivity index (χ0) is 11.5. The number of hydrogen-bond donors (Lipinski definition) is 1. The minimum atomic E-state index is -0.0978. The first-order valence-electron chi connectivity index (χ1n) is 5.29. The molecular weight excluding hydrogens is 190 g/mol. The monoisotopic (exact) mass is 211 g/mol. The highest BCUT2D eigenvalue weighted by atomic mass is 16.5. The normalized spacial score (nSPS) is 11.8. The van der Waals surface area contributed by atoms with E-state index in [4.69, 9.17) is 4.74 Å². The molecule has 0 aliphatic rings. The molecule has 0 fully saturated rings. The van der Waals surface area contributed by atoms with Crippen LogP contribution >= 0.6 is 0 Å². The number of rotatable bonds is 5. The maximum atomic E-state index is 5.16. The highest BCUT2D eigenvalue weighted by molar-refractivity contribution is 5.32. The van der Waals surface area contributed by atoms with Gasteiger partial charge in [-0.3, -0.25) is 0 Å². The summed E-state index contributed by atoms with van der Waals surface area (Å²) in [6.45, 7) is 9.88. The molecular formula is C11H21N3O. The van der Waals surface area contributed by atoms with Crippen molar-refractivity contribution < 1.29 is 4.74 Å². The Balaban J connectivity index is 2.78. The van der Waals surface area contributed by atoms with Crippen LogP contribution in [0.4, 0.5) is 5.95 Å². The molecule has 1 aromatic heterocycles. The number of nitrogens with one attached hydrogen (secondary N) is 1. The lowest BCUT2D eigenvalue weighted by Gasteiger charge is -2.26. The highest BCUT2D eigenvalue weighted by Gasteiger charge is 2.19. The molecule has 4 nitrogen and oxygen atoms in total. The van der Waals surface area contributed by atoms with Crippen molar-refractivity contribution in [2.45, 2.75) is 39.8 Å². The van der Waals surface area contributed by atoms with Crippen molar-refractivity contribution in [1.82, 2.24) is 9.55 Å². The van der Waals surface area contributed by atoms with Crippen LogP contribution in [0.2, 0.25) is 0 Å². The summed E-state index contributed by atoms with van der Waals surface area (Å²) < 4.78 is 7.26. The van der Waals surface area contributed by atoms with E-state index in [2.05, 4.69) is 35.6 Å². The molecule has 0 saturated carbocycles. The summed E-state index contributed by atoms with van der Waals surface area (Å²) in [6.07, 6.45) is 2.05. The van der Waals surface area contributed by atoms with E-state index in [1.165, 1.54) is 0 Å². The fourth-order valence-corrected chi connectivity index (χ4v) is 1.59. The van der Waals surface area contributed by atoms with Crippen molar-refractivity contribution >= 4 is 5.95 Å². The number of aromatic nitrogens is 2. The standard InChI is InChI=1S/C11H21N3O/c1-6-14-7-9(2)12-10(14)13-11(3,4)8-15-5/h7H,6,8H2,1-5H3,(H,12,13). The molecule has 0 aromatic carbocycles. The maximum Gasteiger partial charge on any atom is 0.203 e. The van der Waals surface area contributed by atoms with Crippen molar-refractivity contribution in [3.8, 4) is 0 Å². The first kappa shape index (κ1) is 12.0. The SMILES string of the molecule is CCn1cc(C)nc1NC(C)(C)COC. The second-order valence-corrected chi connectivity index (χ2v) is 4.43. The summed E-state index contributed by atoms with van der Waals surface area (Å²) in [5.41, 5.74) is 0.937. The van der Waals surface area contributed by atoms with Crippen LogP contribution in [0.1, 0.15) is 26.5 Å². The number of methoxy groups -OCH3 is 1. The minimum Gasteiger partial charge on any atom is -0.382 e. The quantitative estimate of drug-likeness (QED) is 0.810. The summed E-state index contributed by atoms with van der Waals surface area (Å²) in [5, 5.41) is 3.39. The van der Waals surface area contributed by atoms with Crippen LogP contribution in [-0.2, 0) is 11.3 Å². The zero-order valence-corrected chi connectivity index (χ0v) is 10.3. The lowest BCUT2D eigenvalue weighted by molar-refractivity contribution is 0.157. The third-order valence-electron chi connectivity index (χ3n) is 2.19. The van der Waals surface area contributed by atoms with Gasteiger partial charge in [-0.05, 0) is 27.7 Å². The Kier molecular flexibility index (Phi) is 3.74. The van der Waals surface area contributed by atoms with Gasteiger partial charge in [0.25, 0.3) is 0 Å². The first-order valence-corrected chi connectivity index (χ1v) is 5.29. The average molecular weight is 211 g/mol. The largest absolute Gasteiger partial charge is 0.382 e. The molecule has 1 N–H and O–H groups in total. The fourth-order valence-electron chi connectivity index (χ4n) is 1.59. The van der Waals surface area contributed by atoms with Crippen molar-refractivity contribution in [3.05, 3.63) is 11.9 Å². The van der Waals surface area contributed by atoms with Crippen LogP contribution in [0.3, 0.4) is 0 Å². The van der Waals surface area contributed by atoms with Gasteiger partial charge < -0.3 is 14.6 Å². The summed E-state index contributed by atoms with van der Waals surface area (Å²) >= 11 is 0. The number of imidazole rings is 1. The third-order valence-corrected chi connectivity index (χ3v) is 2.19. The van der Waals surface area contributed by atoms with Crippen LogP contribution in [0.5, 0.6) is 0 Å². The van der Waals surface area contributed by atoms with Crippen molar-refractivity contribution in [3.63, 3.8) is 0 Å². The molecule has 0 aliphatic carbocycles. The predicted molar refractivity (Wildman–Crippen MR) is 62.2 cm³/mol. The summed E-state index contributed by atoms with van der Waals surface area (Å²) in [6, 6.07) is 0. The van der Waals surface area contributed by atoms with Gasteiger partial charge in [0, 0.05) is 19.9 Å². The molecule has 0 radical (unpaired) electrons. The lowest BCUT2D eigenvalue weighted by atomic mass is 10.1. The number of anilines is 1. The van der Waals surface area contributed by atoms with Gasteiger partial charge in [0.2, 0.25) is 5.95 Å². The van der Waals surface area contributed by atoms with Gasteiger partial charge in [-0.1, -0.05) is 0 Å². The molecule has 0 bridgehead atoms. The summed E-state index contributed by atoms with van der Waals surface area (Å²) in [5.74, 6) is 0.914. The third kappa shape index (κ3) is 3.23. The lowest BCUT2D eigenvalue weighted by Crippen LogP contribution is -2.37. The molecule has 15 heavy (non-hydrogen) atoms. The van der Waals surface area contributed by atoms with Crippen LogP contribution in [-0.4, -0.2) is 28.8 Å². The Morgan fingerprint density at radius 3 is 2.73 bits per heavy atom. The minimum absolute atomic E-state index is 0.0978. The number of aryl methyl sites for hydroxylation is 2. The Morgan fingerprint density at radius 2 is 2.20 bits per heavy atom. The maximum absolute atomic E-state index is 5.16. The van der Waals surface area contributed by atoms with E-state index in [-0.39, 0.29) is 5.54 Å². The van der Waals surface area contributed by atoms with Gasteiger partial charge in [-0.25, -0.2) is 4.98 Å². The second-order valence-electron chi connectivity index (χ2n) is 4.43. The van der Waals surface area contributed by atoms with E-state index >= 15 is 0 Å². The Morgan fingerprint density at radius 1 is 1.53 bits per heavy atom. The zero-order valence-electron chi connectivity index (χ0n) is 10.3. The Labute approximate surface area is 91.7 Å². The van der Waals surface area contributed by atoms with E-state index in [1.807, 2.05) is 13.1 Å². The highest BCUT2D eigenvalue weighted by Crippen LogP contribution is 2.15. The van der Waals surface area contributed by atoms with Crippen molar-refractivity contribution in [1.29, 1.82) is 0 Å². The Hall–Kier alpha value is -1.03. The molecule has 0 spiro atoms. The Bertz CT molecular complexity index is 318. The van der Waals surface area contributed by atoms with E-state index in [1.54, 1.807) is 7.11 Å². The van der Waals surface area contributed by atoms with E-state index in [0.717, 1.165) is 18.2 Å². The fraction of sp³-hybridized carbons (Fsp3) is 0.727. The first-order chi connectivity index (χ1) is 6.98. The van der Waals surface area contributed by atoms with Gasteiger partial charge in [0.15, 0.2) is 0 Å². The van der Waals surface area contributed by atoms with Gasteiger partial charge in [0.05, 0.1) is 17.8 Å². The van der Waals surface area contributed by atoms with Gasteiger partial charge in [0.1, 0.15) is 0 Å². The van der Waals surface area contributed by atoms with Gasteiger partial charge in [-0.2, -0.15) is 0 Å². The molecule has 1 aromatic rings. The van der Waals surface area contributed by atoms with Crippen LogP contribution in [0.25, 0.3) is 0 Å².